The molecule has 2 saturated heterocycles. The van der Waals surface area contributed by atoms with Crippen LogP contribution in [0.25, 0.3) is 0 Å². The van der Waals surface area contributed by atoms with Crippen molar-refractivity contribution in [3.8, 4) is 0 Å². The van der Waals surface area contributed by atoms with Gasteiger partial charge in [-0.15, -0.1) is 0 Å². The monoisotopic (exact) mass is 244 g/mol. The number of ketones is 1. The molecule has 0 amide bonds. The average Bonchev–Trinajstić information content (AvgIpc) is 2.68. The molecule has 1 aromatic carbocycles. The topological polar surface area (TPSA) is 32.3 Å². The number of rotatable bonds is 2. The van der Waals surface area contributed by atoms with E-state index in [-0.39, 0.29) is 5.41 Å². The summed E-state index contributed by atoms with van der Waals surface area (Å²) in [5, 5.41) is 3.38. The van der Waals surface area contributed by atoms with E-state index in [1.54, 1.807) is 0 Å². The number of nitrogens with one attached hydrogen (secondary N) is 1. The summed E-state index contributed by atoms with van der Waals surface area (Å²) >= 11 is 0. The molecule has 1 aromatic rings. The lowest BCUT2D eigenvalue weighted by Crippen LogP contribution is -2.45. The van der Waals surface area contributed by atoms with E-state index in [0.717, 1.165) is 39.0 Å². The Hall–Kier alpha value is -1.19. The van der Waals surface area contributed by atoms with Crippen molar-refractivity contribution in [3.05, 3.63) is 35.9 Å². The van der Waals surface area contributed by atoms with Gasteiger partial charge in [0, 0.05) is 19.6 Å². The lowest BCUT2D eigenvalue weighted by atomic mass is 9.79. The Balaban J connectivity index is 1.68. The van der Waals surface area contributed by atoms with Crippen molar-refractivity contribution in [1.29, 1.82) is 0 Å². The summed E-state index contributed by atoms with van der Waals surface area (Å²) in [5.74, 6) is 0.436. The molecule has 0 aromatic heterocycles. The third-order valence-corrected chi connectivity index (χ3v) is 4.21. The van der Waals surface area contributed by atoms with Crippen LogP contribution in [-0.4, -0.2) is 36.9 Å². The Morgan fingerprint density at radius 3 is 2.83 bits per heavy atom. The zero-order valence-electron chi connectivity index (χ0n) is 10.7. The molecule has 2 aliphatic rings. The van der Waals surface area contributed by atoms with Crippen LogP contribution in [0, 0.1) is 5.41 Å². The van der Waals surface area contributed by atoms with Crippen molar-refractivity contribution in [2.45, 2.75) is 19.4 Å². The van der Waals surface area contributed by atoms with Crippen LogP contribution in [0.1, 0.15) is 18.4 Å². The average molecular weight is 244 g/mol. The highest BCUT2D eigenvalue weighted by atomic mass is 16.1. The predicted molar refractivity (Wildman–Crippen MR) is 71.3 cm³/mol. The second kappa shape index (κ2) is 4.82. The lowest BCUT2D eigenvalue weighted by Gasteiger charge is -2.32. The highest BCUT2D eigenvalue weighted by Gasteiger charge is 2.45. The molecule has 1 atom stereocenters. The standard InChI is InChI=1S/C15H20N2O/c18-14-10-17(9-13-5-2-1-3-6-13)12-15(14)7-4-8-16-11-15/h1-3,5-6,16H,4,7-12H2. The summed E-state index contributed by atoms with van der Waals surface area (Å²) in [6, 6.07) is 10.4. The van der Waals surface area contributed by atoms with Gasteiger partial charge in [0.2, 0.25) is 0 Å². The van der Waals surface area contributed by atoms with E-state index in [2.05, 4.69) is 34.5 Å². The molecule has 1 spiro atoms. The fraction of sp³-hybridized carbons (Fsp3) is 0.533. The van der Waals surface area contributed by atoms with E-state index in [4.69, 9.17) is 0 Å². The Morgan fingerprint density at radius 2 is 2.11 bits per heavy atom. The van der Waals surface area contributed by atoms with Crippen molar-refractivity contribution < 1.29 is 4.79 Å². The predicted octanol–water partition coefficient (Wildman–Crippen LogP) is 1.44. The minimum Gasteiger partial charge on any atom is -0.316 e. The van der Waals surface area contributed by atoms with Gasteiger partial charge < -0.3 is 5.32 Å². The minimum atomic E-state index is -0.0902. The molecule has 2 fully saturated rings. The van der Waals surface area contributed by atoms with Gasteiger partial charge in [-0.05, 0) is 24.9 Å². The normalized spacial score (nSPS) is 29.0. The zero-order chi connectivity index (χ0) is 12.4. The fourth-order valence-corrected chi connectivity index (χ4v) is 3.24. The number of benzene rings is 1. The Labute approximate surface area is 108 Å². The minimum absolute atomic E-state index is 0.0902. The van der Waals surface area contributed by atoms with Crippen LogP contribution in [0.15, 0.2) is 30.3 Å². The number of carbonyl (C=O) groups is 1. The SMILES string of the molecule is O=C1CN(Cc2ccccc2)CC12CCCNC2. The zero-order valence-corrected chi connectivity index (χ0v) is 10.7. The van der Waals surface area contributed by atoms with E-state index >= 15 is 0 Å². The molecule has 2 aliphatic heterocycles. The van der Waals surface area contributed by atoms with Crippen LogP contribution in [0.3, 0.4) is 0 Å². The van der Waals surface area contributed by atoms with Gasteiger partial charge >= 0.3 is 0 Å². The van der Waals surface area contributed by atoms with Gasteiger partial charge in [0.05, 0.1) is 12.0 Å². The van der Waals surface area contributed by atoms with E-state index in [1.807, 2.05) is 6.07 Å². The summed E-state index contributed by atoms with van der Waals surface area (Å²) in [6.07, 6.45) is 2.19. The third kappa shape index (κ3) is 2.20. The summed E-state index contributed by atoms with van der Waals surface area (Å²) in [6.45, 7) is 4.38. The van der Waals surface area contributed by atoms with Gasteiger partial charge in [0.1, 0.15) is 0 Å². The third-order valence-electron chi connectivity index (χ3n) is 4.21. The highest BCUT2D eigenvalue weighted by molar-refractivity contribution is 5.89. The molecule has 1 unspecified atom stereocenters. The maximum Gasteiger partial charge on any atom is 0.155 e. The van der Waals surface area contributed by atoms with Crippen molar-refractivity contribution in [1.82, 2.24) is 10.2 Å². The van der Waals surface area contributed by atoms with Gasteiger partial charge in [0.15, 0.2) is 5.78 Å². The maximum absolute atomic E-state index is 12.3. The van der Waals surface area contributed by atoms with E-state index in [0.29, 0.717) is 12.3 Å². The van der Waals surface area contributed by atoms with Gasteiger partial charge in [-0.3, -0.25) is 9.69 Å². The van der Waals surface area contributed by atoms with Crippen molar-refractivity contribution in [2.75, 3.05) is 26.2 Å². The van der Waals surface area contributed by atoms with E-state index < -0.39 is 0 Å². The van der Waals surface area contributed by atoms with Crippen molar-refractivity contribution in [3.63, 3.8) is 0 Å². The molecule has 96 valence electrons. The van der Waals surface area contributed by atoms with E-state index in [9.17, 15) is 4.79 Å². The van der Waals surface area contributed by atoms with Crippen LogP contribution in [0.4, 0.5) is 0 Å². The molecule has 3 nitrogen and oxygen atoms in total. The Kier molecular flexibility index (Phi) is 3.18. The molecular formula is C15H20N2O. The largest absolute Gasteiger partial charge is 0.316 e. The van der Waals surface area contributed by atoms with Crippen LogP contribution in [-0.2, 0) is 11.3 Å². The summed E-state index contributed by atoms with van der Waals surface area (Å²) in [5.41, 5.74) is 1.21. The van der Waals surface area contributed by atoms with Gasteiger partial charge in [-0.1, -0.05) is 30.3 Å². The maximum atomic E-state index is 12.3. The lowest BCUT2D eigenvalue weighted by molar-refractivity contribution is -0.125. The molecule has 1 N–H and O–H groups in total. The van der Waals surface area contributed by atoms with Gasteiger partial charge in [-0.25, -0.2) is 0 Å². The first-order valence-corrected chi connectivity index (χ1v) is 6.79. The smallest absolute Gasteiger partial charge is 0.155 e. The number of hydrogen-bond donors (Lipinski definition) is 1. The van der Waals surface area contributed by atoms with Crippen molar-refractivity contribution >= 4 is 5.78 Å². The number of Topliss-reactive ketones (excluding diaryl/α,β-unsaturated/α-hetero) is 1. The molecule has 2 heterocycles. The second-order valence-corrected chi connectivity index (χ2v) is 5.61. The van der Waals surface area contributed by atoms with Crippen LogP contribution in [0.2, 0.25) is 0 Å². The van der Waals surface area contributed by atoms with Crippen LogP contribution < -0.4 is 5.32 Å². The molecular weight excluding hydrogens is 224 g/mol. The van der Waals surface area contributed by atoms with Gasteiger partial charge in [0.25, 0.3) is 0 Å². The second-order valence-electron chi connectivity index (χ2n) is 5.61. The quantitative estimate of drug-likeness (QED) is 0.854. The summed E-state index contributed by atoms with van der Waals surface area (Å²) in [4.78, 5) is 14.6. The Morgan fingerprint density at radius 1 is 1.28 bits per heavy atom. The van der Waals surface area contributed by atoms with Gasteiger partial charge in [-0.2, -0.15) is 0 Å². The molecule has 0 aliphatic carbocycles. The molecule has 0 bridgehead atoms. The highest BCUT2D eigenvalue weighted by Crippen LogP contribution is 2.34. The van der Waals surface area contributed by atoms with Crippen LogP contribution in [0.5, 0.6) is 0 Å². The summed E-state index contributed by atoms with van der Waals surface area (Å²) in [7, 11) is 0. The number of nitrogens with zero attached hydrogens (tertiary/aromatic N) is 1. The molecule has 18 heavy (non-hydrogen) atoms. The summed E-state index contributed by atoms with van der Waals surface area (Å²) < 4.78 is 0. The first-order chi connectivity index (χ1) is 8.78. The number of carbonyl (C=O) groups excluding carboxylic acids is 1. The number of piperidine rings is 1. The molecule has 0 radical (unpaired) electrons. The number of hydrogen-bond acceptors (Lipinski definition) is 3. The molecule has 3 rings (SSSR count). The molecule has 3 heteroatoms. The first kappa shape index (κ1) is 11.9. The van der Waals surface area contributed by atoms with Crippen molar-refractivity contribution in [2.24, 2.45) is 5.41 Å². The number of likely N-dealkylation sites (tertiary alicyclic amines) is 1. The fourth-order valence-electron chi connectivity index (χ4n) is 3.24. The van der Waals surface area contributed by atoms with E-state index in [1.165, 1.54) is 5.56 Å². The Bertz CT molecular complexity index is 423. The first-order valence-electron chi connectivity index (χ1n) is 6.79. The van der Waals surface area contributed by atoms with Crippen LogP contribution >= 0.6 is 0 Å². The molecule has 0 saturated carbocycles.